The van der Waals surface area contributed by atoms with Crippen molar-refractivity contribution in [3.8, 4) is 11.1 Å². The number of hydrogen-bond donors (Lipinski definition) is 0. The van der Waals surface area contributed by atoms with E-state index >= 15 is 0 Å². The first-order valence-electron chi connectivity index (χ1n) is 9.46. The molecule has 0 N–H and O–H groups in total. The number of alkyl halides is 2. The van der Waals surface area contributed by atoms with E-state index in [1.165, 1.54) is 22.3 Å². The summed E-state index contributed by atoms with van der Waals surface area (Å²) in [4.78, 5) is 0. The van der Waals surface area contributed by atoms with E-state index in [9.17, 15) is 0 Å². The summed E-state index contributed by atoms with van der Waals surface area (Å²) in [6, 6.07) is 28.1. The van der Waals surface area contributed by atoms with Gasteiger partial charge in [-0.3, -0.25) is 0 Å². The van der Waals surface area contributed by atoms with Crippen molar-refractivity contribution >= 4 is 23.2 Å². The molecular formula is C25H28Cl2Zr. The van der Waals surface area contributed by atoms with Gasteiger partial charge in [-0.15, -0.1) is 28.8 Å². The molecule has 0 bridgehead atoms. The van der Waals surface area contributed by atoms with Crippen LogP contribution in [0.25, 0.3) is 11.1 Å². The maximum atomic E-state index is 5.97. The fourth-order valence-corrected chi connectivity index (χ4v) is 2.99. The molecule has 3 heteroatoms. The van der Waals surface area contributed by atoms with Gasteiger partial charge in [0, 0.05) is 0 Å². The Bertz CT molecular complexity index is 734. The maximum Gasteiger partial charge on any atom is 2.00 e. The van der Waals surface area contributed by atoms with Crippen molar-refractivity contribution in [3.63, 3.8) is 0 Å². The van der Waals surface area contributed by atoms with Crippen LogP contribution in [0.15, 0.2) is 72.8 Å². The summed E-state index contributed by atoms with van der Waals surface area (Å²) >= 11 is 11.9. The third-order valence-electron chi connectivity index (χ3n) is 4.71. The Morgan fingerprint density at radius 3 is 1.93 bits per heavy atom. The van der Waals surface area contributed by atoms with Crippen LogP contribution in [0, 0.1) is 17.9 Å². The molecule has 1 aliphatic rings. The van der Waals surface area contributed by atoms with Crippen LogP contribution in [0.4, 0.5) is 0 Å². The van der Waals surface area contributed by atoms with Crippen LogP contribution in [0.5, 0.6) is 0 Å². The Labute approximate surface area is 199 Å². The first-order chi connectivity index (χ1) is 12.8. The van der Waals surface area contributed by atoms with E-state index in [-0.39, 0.29) is 26.2 Å². The zero-order valence-electron chi connectivity index (χ0n) is 17.0. The van der Waals surface area contributed by atoms with Gasteiger partial charge in [0.15, 0.2) is 0 Å². The van der Waals surface area contributed by atoms with E-state index in [2.05, 4.69) is 42.5 Å². The summed E-state index contributed by atoms with van der Waals surface area (Å²) in [7, 11) is 0. The molecule has 0 nitrogen and oxygen atoms in total. The summed E-state index contributed by atoms with van der Waals surface area (Å²) in [6.07, 6.45) is 1.05. The van der Waals surface area contributed by atoms with Crippen LogP contribution >= 0.6 is 23.2 Å². The second-order valence-electron chi connectivity index (χ2n) is 7.34. The molecule has 0 saturated carbocycles. The summed E-state index contributed by atoms with van der Waals surface area (Å²) in [5.41, 5.74) is 5.51. The molecule has 4 rings (SSSR count). The fraction of sp³-hybridized carbons (Fsp3) is 0.320. The third kappa shape index (κ3) is 6.94. The van der Waals surface area contributed by atoms with E-state index in [0.29, 0.717) is 11.8 Å². The predicted molar refractivity (Wildman–Crippen MR) is 120 cm³/mol. The van der Waals surface area contributed by atoms with Gasteiger partial charge in [0.2, 0.25) is 0 Å². The molecule has 0 spiro atoms. The van der Waals surface area contributed by atoms with E-state index < -0.39 is 4.33 Å². The van der Waals surface area contributed by atoms with Crippen LogP contribution in [0.2, 0.25) is 0 Å². The number of benzene rings is 2. The van der Waals surface area contributed by atoms with Crippen molar-refractivity contribution in [2.45, 2.75) is 38.4 Å². The molecule has 0 amide bonds. The quantitative estimate of drug-likeness (QED) is 0.198. The average molecular weight is 491 g/mol. The average Bonchev–Trinajstić information content (AvgIpc) is 3.33. The zero-order valence-corrected chi connectivity index (χ0v) is 21.0. The summed E-state index contributed by atoms with van der Waals surface area (Å²) in [5, 5.41) is 0. The van der Waals surface area contributed by atoms with Gasteiger partial charge < -0.3 is 0 Å². The van der Waals surface area contributed by atoms with Crippen LogP contribution in [-0.2, 0) is 32.6 Å². The minimum Gasteiger partial charge on any atom is -0.214 e. The van der Waals surface area contributed by atoms with Gasteiger partial charge in [-0.1, -0.05) is 63.1 Å². The van der Waals surface area contributed by atoms with Crippen LogP contribution in [0.1, 0.15) is 38.8 Å². The molecule has 0 aliphatic heterocycles. The molecule has 0 unspecified atom stereocenters. The minimum absolute atomic E-state index is 0. The molecule has 28 heavy (non-hydrogen) atoms. The molecule has 146 valence electrons. The standard InChI is InChI=1S/C13H9.C7H14Cl2.C5H5.Zr/c1-3-7-12-10(5-1)9-11-6-2-4-8-13(11)12;1-5(2)7(8,9)6(3)4;1-2-4-5-3-1;/h1-5,7-8H,9H2;5-6H,1-4H3;1-5H;/q-1;;-1;+2. The Kier molecular flexibility index (Phi) is 10.9. The number of fused-ring (bicyclic) bond motifs is 3. The van der Waals surface area contributed by atoms with Crippen molar-refractivity contribution in [2.24, 2.45) is 11.8 Å². The summed E-state index contributed by atoms with van der Waals surface area (Å²) in [6.45, 7) is 8.11. The van der Waals surface area contributed by atoms with Gasteiger partial charge in [0.1, 0.15) is 4.33 Å². The Morgan fingerprint density at radius 1 is 0.857 bits per heavy atom. The first kappa shape index (κ1) is 25.3. The van der Waals surface area contributed by atoms with Gasteiger partial charge in [0.05, 0.1) is 0 Å². The van der Waals surface area contributed by atoms with Crippen LogP contribution < -0.4 is 0 Å². The Morgan fingerprint density at radius 2 is 1.43 bits per heavy atom. The van der Waals surface area contributed by atoms with Crippen molar-refractivity contribution in [1.82, 2.24) is 0 Å². The number of halogens is 2. The molecule has 0 fully saturated rings. The predicted octanol–water partition coefficient (Wildman–Crippen LogP) is 7.93. The van der Waals surface area contributed by atoms with Crippen LogP contribution in [0.3, 0.4) is 0 Å². The molecule has 3 aromatic rings. The molecule has 0 atom stereocenters. The van der Waals surface area contributed by atoms with Gasteiger partial charge in [-0.25, -0.2) is 12.1 Å². The van der Waals surface area contributed by atoms with E-state index in [4.69, 9.17) is 23.2 Å². The molecule has 3 aromatic carbocycles. The van der Waals surface area contributed by atoms with E-state index in [1.807, 2.05) is 64.1 Å². The number of rotatable bonds is 2. The zero-order chi connectivity index (χ0) is 19.9. The molecule has 0 radical (unpaired) electrons. The van der Waals surface area contributed by atoms with Crippen molar-refractivity contribution < 1.29 is 26.2 Å². The smallest absolute Gasteiger partial charge is 0.214 e. The number of hydrogen-bond acceptors (Lipinski definition) is 0. The van der Waals surface area contributed by atoms with Gasteiger partial charge in [-0.05, 0) is 18.3 Å². The summed E-state index contributed by atoms with van der Waals surface area (Å²) in [5.74, 6) is 0.640. The Hall–Kier alpha value is -0.747. The summed E-state index contributed by atoms with van der Waals surface area (Å²) < 4.78 is -0.556. The van der Waals surface area contributed by atoms with Gasteiger partial charge in [-0.2, -0.15) is 48.0 Å². The van der Waals surface area contributed by atoms with E-state index in [0.717, 1.165) is 6.42 Å². The van der Waals surface area contributed by atoms with Gasteiger partial charge in [0.25, 0.3) is 0 Å². The van der Waals surface area contributed by atoms with E-state index in [1.54, 1.807) is 0 Å². The molecular weight excluding hydrogens is 462 g/mol. The van der Waals surface area contributed by atoms with Gasteiger partial charge >= 0.3 is 26.2 Å². The Balaban J connectivity index is 0.000000229. The fourth-order valence-electron chi connectivity index (χ4n) is 2.99. The van der Waals surface area contributed by atoms with Crippen molar-refractivity contribution in [3.05, 3.63) is 90.0 Å². The second kappa shape index (κ2) is 12.1. The molecule has 1 aliphatic carbocycles. The largest absolute Gasteiger partial charge is 2.00 e. The van der Waals surface area contributed by atoms with Crippen molar-refractivity contribution in [2.75, 3.05) is 0 Å². The minimum atomic E-state index is -0.556. The molecule has 0 heterocycles. The SMILES string of the molecule is CC(C)C(Cl)(Cl)C(C)C.[Zr+2].[c-]1cccc2c1Cc1ccccc1-2.c1cc[cH-]c1. The topological polar surface area (TPSA) is 0 Å². The molecule has 0 saturated heterocycles. The molecule has 0 aromatic heterocycles. The van der Waals surface area contributed by atoms with Crippen LogP contribution in [-0.4, -0.2) is 4.33 Å². The monoisotopic (exact) mass is 488 g/mol. The first-order valence-corrected chi connectivity index (χ1v) is 10.2. The van der Waals surface area contributed by atoms with Crippen molar-refractivity contribution in [1.29, 1.82) is 0 Å². The third-order valence-corrected chi connectivity index (χ3v) is 6.46. The second-order valence-corrected chi connectivity index (χ2v) is 8.79. The normalized spacial score (nSPS) is 11.4. The maximum absolute atomic E-state index is 5.97.